The third-order valence-electron chi connectivity index (χ3n) is 5.82. The van der Waals surface area contributed by atoms with Crippen LogP contribution in [0.15, 0.2) is 0 Å². The predicted octanol–water partition coefficient (Wildman–Crippen LogP) is 9.31. The molecule has 0 aromatic heterocycles. The molecule has 0 amide bonds. The van der Waals surface area contributed by atoms with Crippen molar-refractivity contribution in [3.05, 3.63) is 0 Å². The Hall–Kier alpha value is -0.530. The van der Waals surface area contributed by atoms with Gasteiger partial charge in [0, 0.05) is 6.42 Å². The first-order chi connectivity index (χ1) is 13.4. The van der Waals surface area contributed by atoms with Gasteiger partial charge in [-0.1, -0.05) is 136 Å². The maximum Gasteiger partial charge on any atom is 0.303 e. The van der Waals surface area contributed by atoms with Crippen LogP contribution in [0.1, 0.15) is 156 Å². The van der Waals surface area contributed by atoms with Crippen LogP contribution in [0.25, 0.3) is 0 Å². The zero-order valence-electron chi connectivity index (χ0n) is 19.7. The second-order valence-electron chi connectivity index (χ2n) is 10.2. The molecule has 0 rings (SSSR count). The number of carboxylic acids is 1. The van der Waals surface area contributed by atoms with E-state index >= 15 is 0 Å². The standard InChI is InChI=1S/C26H52O2/c1-26(2,3)24-22-20-18-16-14-12-10-8-6-4-5-7-9-11-13-15-17-19-21-23-25(27)28/h4-24H2,1-3H3,(H,27,28). The third kappa shape index (κ3) is 25.5. The topological polar surface area (TPSA) is 37.3 Å². The first-order valence-electron chi connectivity index (χ1n) is 12.6. The Balaban J connectivity index is 3.04. The number of aliphatic carboxylic acids is 1. The summed E-state index contributed by atoms with van der Waals surface area (Å²) in [5.41, 5.74) is 0.518. The molecule has 0 aliphatic carbocycles. The van der Waals surface area contributed by atoms with Crippen LogP contribution >= 0.6 is 0 Å². The van der Waals surface area contributed by atoms with Crippen LogP contribution in [-0.4, -0.2) is 11.1 Å². The molecule has 1 N–H and O–H groups in total. The van der Waals surface area contributed by atoms with Crippen molar-refractivity contribution in [3.8, 4) is 0 Å². The van der Waals surface area contributed by atoms with Gasteiger partial charge in [-0.3, -0.25) is 4.79 Å². The maximum atomic E-state index is 10.4. The Labute approximate surface area is 177 Å². The molecule has 2 heteroatoms. The first-order valence-corrected chi connectivity index (χ1v) is 12.6. The van der Waals surface area contributed by atoms with E-state index < -0.39 is 5.97 Å². The van der Waals surface area contributed by atoms with Crippen LogP contribution in [0.5, 0.6) is 0 Å². The zero-order valence-corrected chi connectivity index (χ0v) is 19.7. The van der Waals surface area contributed by atoms with Crippen molar-refractivity contribution in [2.45, 2.75) is 156 Å². The molecule has 0 unspecified atom stereocenters. The Morgan fingerprint density at radius 2 is 0.750 bits per heavy atom. The van der Waals surface area contributed by atoms with Crippen molar-refractivity contribution in [3.63, 3.8) is 0 Å². The predicted molar refractivity (Wildman–Crippen MR) is 124 cm³/mol. The van der Waals surface area contributed by atoms with Gasteiger partial charge in [-0.05, 0) is 18.3 Å². The number of carboxylic acid groups (broad SMARTS) is 1. The van der Waals surface area contributed by atoms with E-state index in [2.05, 4.69) is 20.8 Å². The van der Waals surface area contributed by atoms with E-state index in [9.17, 15) is 4.79 Å². The molecule has 28 heavy (non-hydrogen) atoms. The Bertz CT molecular complexity index is 330. The van der Waals surface area contributed by atoms with E-state index in [0.29, 0.717) is 11.8 Å². The van der Waals surface area contributed by atoms with Gasteiger partial charge in [0.2, 0.25) is 0 Å². The Kier molecular flexibility index (Phi) is 19.4. The Morgan fingerprint density at radius 1 is 0.500 bits per heavy atom. The summed E-state index contributed by atoms with van der Waals surface area (Å²) < 4.78 is 0. The van der Waals surface area contributed by atoms with Crippen LogP contribution in [0.2, 0.25) is 0 Å². The lowest BCUT2D eigenvalue weighted by molar-refractivity contribution is -0.137. The zero-order chi connectivity index (χ0) is 20.9. The fraction of sp³-hybridized carbons (Fsp3) is 0.962. The van der Waals surface area contributed by atoms with E-state index in [1.54, 1.807) is 0 Å². The van der Waals surface area contributed by atoms with Crippen molar-refractivity contribution in [1.29, 1.82) is 0 Å². The maximum absolute atomic E-state index is 10.4. The minimum Gasteiger partial charge on any atom is -0.481 e. The van der Waals surface area contributed by atoms with E-state index in [1.165, 1.54) is 116 Å². The van der Waals surface area contributed by atoms with Crippen LogP contribution in [0.3, 0.4) is 0 Å². The first kappa shape index (κ1) is 27.5. The van der Waals surface area contributed by atoms with Gasteiger partial charge >= 0.3 is 5.97 Å². The molecular formula is C26H52O2. The van der Waals surface area contributed by atoms with Crippen LogP contribution < -0.4 is 0 Å². The van der Waals surface area contributed by atoms with Crippen LogP contribution in [-0.2, 0) is 4.79 Å². The number of hydrogen-bond donors (Lipinski definition) is 1. The summed E-state index contributed by atoms with van der Waals surface area (Å²) in [7, 11) is 0. The molecule has 0 saturated carbocycles. The van der Waals surface area contributed by atoms with Gasteiger partial charge < -0.3 is 5.11 Å². The molecular weight excluding hydrogens is 344 g/mol. The minimum atomic E-state index is -0.651. The van der Waals surface area contributed by atoms with Crippen LogP contribution in [0, 0.1) is 5.41 Å². The highest BCUT2D eigenvalue weighted by atomic mass is 16.4. The Morgan fingerprint density at radius 3 is 1.00 bits per heavy atom. The molecule has 0 radical (unpaired) electrons. The number of carbonyl (C=O) groups is 1. The summed E-state index contributed by atoms with van der Waals surface area (Å²) in [4.78, 5) is 10.4. The number of unbranched alkanes of at least 4 members (excludes halogenated alkanes) is 18. The highest BCUT2D eigenvalue weighted by Gasteiger charge is 2.08. The van der Waals surface area contributed by atoms with E-state index in [-0.39, 0.29) is 0 Å². The lowest BCUT2D eigenvalue weighted by atomic mass is 9.89. The van der Waals surface area contributed by atoms with Gasteiger partial charge in [0.15, 0.2) is 0 Å². The van der Waals surface area contributed by atoms with Crippen LogP contribution in [0.4, 0.5) is 0 Å². The molecule has 0 aromatic carbocycles. The molecule has 168 valence electrons. The van der Waals surface area contributed by atoms with Gasteiger partial charge in [0.05, 0.1) is 0 Å². The summed E-state index contributed by atoms with van der Waals surface area (Å²) in [6.45, 7) is 7.05. The minimum absolute atomic E-state index is 0.345. The normalized spacial score (nSPS) is 11.8. The van der Waals surface area contributed by atoms with Crippen molar-refractivity contribution < 1.29 is 9.90 Å². The van der Waals surface area contributed by atoms with E-state index in [0.717, 1.165) is 12.8 Å². The molecule has 0 fully saturated rings. The SMILES string of the molecule is CC(C)(C)CCCCCCCCCCCCCCCCCCCCCC(=O)O. The molecule has 0 spiro atoms. The average Bonchev–Trinajstić information content (AvgIpc) is 2.61. The quantitative estimate of drug-likeness (QED) is 0.196. The lowest BCUT2D eigenvalue weighted by Gasteiger charge is -2.17. The third-order valence-corrected chi connectivity index (χ3v) is 5.82. The average molecular weight is 397 g/mol. The van der Waals surface area contributed by atoms with Crippen molar-refractivity contribution >= 4 is 5.97 Å². The second kappa shape index (κ2) is 19.8. The molecule has 0 saturated heterocycles. The van der Waals surface area contributed by atoms with Crippen molar-refractivity contribution in [1.82, 2.24) is 0 Å². The lowest BCUT2D eigenvalue weighted by Crippen LogP contribution is -2.03. The second-order valence-corrected chi connectivity index (χ2v) is 10.2. The summed E-state index contributed by atoms with van der Waals surface area (Å²) in [6, 6.07) is 0. The van der Waals surface area contributed by atoms with Crippen molar-refractivity contribution in [2.24, 2.45) is 5.41 Å². The molecule has 0 aromatic rings. The molecule has 0 atom stereocenters. The van der Waals surface area contributed by atoms with Crippen molar-refractivity contribution in [2.75, 3.05) is 0 Å². The fourth-order valence-electron chi connectivity index (χ4n) is 3.94. The highest BCUT2D eigenvalue weighted by molar-refractivity contribution is 5.66. The summed E-state index contributed by atoms with van der Waals surface area (Å²) in [5, 5.41) is 8.59. The monoisotopic (exact) mass is 396 g/mol. The largest absolute Gasteiger partial charge is 0.481 e. The van der Waals surface area contributed by atoms with Gasteiger partial charge in [-0.2, -0.15) is 0 Å². The summed E-state index contributed by atoms with van der Waals surface area (Å²) in [5.74, 6) is -0.651. The number of rotatable bonds is 21. The van der Waals surface area contributed by atoms with Gasteiger partial charge in [0.25, 0.3) is 0 Å². The molecule has 0 bridgehead atoms. The fourth-order valence-corrected chi connectivity index (χ4v) is 3.94. The smallest absolute Gasteiger partial charge is 0.303 e. The summed E-state index contributed by atoms with van der Waals surface area (Å²) >= 11 is 0. The number of hydrogen-bond acceptors (Lipinski definition) is 1. The molecule has 0 heterocycles. The van der Waals surface area contributed by atoms with Gasteiger partial charge in [-0.15, -0.1) is 0 Å². The van der Waals surface area contributed by atoms with Gasteiger partial charge in [-0.25, -0.2) is 0 Å². The summed E-state index contributed by atoms with van der Waals surface area (Å²) in [6.07, 6.45) is 27.5. The van der Waals surface area contributed by atoms with Gasteiger partial charge in [0.1, 0.15) is 0 Å². The molecule has 0 aliphatic heterocycles. The highest BCUT2D eigenvalue weighted by Crippen LogP contribution is 2.22. The van der Waals surface area contributed by atoms with E-state index in [1.807, 2.05) is 0 Å². The molecule has 2 nitrogen and oxygen atoms in total. The van der Waals surface area contributed by atoms with E-state index in [4.69, 9.17) is 5.11 Å². The molecule has 0 aliphatic rings.